The lowest BCUT2D eigenvalue weighted by Gasteiger charge is -2.20. The Morgan fingerprint density at radius 1 is 0.448 bits per heavy atom. The van der Waals surface area contributed by atoms with Crippen LogP contribution in [-0.2, 0) is 25.7 Å². The van der Waals surface area contributed by atoms with Gasteiger partial charge in [-0.05, 0) is 81.6 Å². The number of aromatic nitrogens is 2. The van der Waals surface area contributed by atoms with Gasteiger partial charge in [0, 0.05) is 37.2 Å². The van der Waals surface area contributed by atoms with Crippen LogP contribution in [0.25, 0.3) is 20.4 Å². The Bertz CT molecular complexity index is 2370. The van der Waals surface area contributed by atoms with Crippen LogP contribution < -0.4 is 9.47 Å². The van der Waals surface area contributed by atoms with Crippen LogP contribution in [0, 0.1) is 0 Å². The number of hydrogen-bond acceptors (Lipinski definition) is 10. The third-order valence-electron chi connectivity index (χ3n) is 10.4. The van der Waals surface area contributed by atoms with E-state index in [0.717, 1.165) is 100 Å². The lowest BCUT2D eigenvalue weighted by atomic mass is 9.91. The SMILES string of the molecule is Oc1c2cccc1Cc1cccc(c1OCCCSc1nc3ccccc3s1)Cc1cccc(c1O)Cc1cccc(c1OCCCSc1nc3ccccc3s1)C2. The molecule has 2 N–H and O–H groups in total. The maximum Gasteiger partial charge on any atom is 0.151 e. The fourth-order valence-electron chi connectivity index (χ4n) is 7.49. The van der Waals surface area contributed by atoms with Gasteiger partial charge in [0.2, 0.25) is 0 Å². The van der Waals surface area contributed by atoms with E-state index in [4.69, 9.17) is 19.4 Å². The molecule has 0 atom stereocenters. The van der Waals surface area contributed by atoms with Crippen LogP contribution in [0.4, 0.5) is 0 Å². The molecule has 58 heavy (non-hydrogen) atoms. The summed E-state index contributed by atoms with van der Waals surface area (Å²) >= 11 is 6.98. The number of nitrogens with zero attached hydrogens (tertiary/aromatic N) is 2. The molecule has 10 heteroatoms. The number of ether oxygens (including phenoxy) is 2. The predicted octanol–water partition coefficient (Wildman–Crippen LogP) is 12.1. The first-order valence-corrected chi connectivity index (χ1v) is 23.2. The van der Waals surface area contributed by atoms with Crippen molar-refractivity contribution in [1.82, 2.24) is 9.97 Å². The van der Waals surface area contributed by atoms with Gasteiger partial charge in [0.25, 0.3) is 0 Å². The van der Waals surface area contributed by atoms with Gasteiger partial charge in [-0.1, -0.05) is 121 Å². The maximum absolute atomic E-state index is 11.8. The summed E-state index contributed by atoms with van der Waals surface area (Å²) in [5, 5.41) is 23.7. The number of phenolic OH excluding ortho intramolecular Hbond substituents is 2. The summed E-state index contributed by atoms with van der Waals surface area (Å²) in [6, 6.07) is 41.0. The summed E-state index contributed by atoms with van der Waals surface area (Å²) in [5.41, 5.74) is 9.45. The molecule has 6 aromatic carbocycles. The second kappa shape index (κ2) is 17.9. The van der Waals surface area contributed by atoms with E-state index in [1.165, 1.54) is 9.40 Å². The summed E-state index contributed by atoms with van der Waals surface area (Å²) in [6.07, 6.45) is 3.71. The van der Waals surface area contributed by atoms with Gasteiger partial charge >= 0.3 is 0 Å². The third kappa shape index (κ3) is 8.71. The summed E-state index contributed by atoms with van der Waals surface area (Å²) in [7, 11) is 0. The van der Waals surface area contributed by atoms with Crippen molar-refractivity contribution in [3.63, 3.8) is 0 Å². The molecule has 0 saturated heterocycles. The van der Waals surface area contributed by atoms with Crippen LogP contribution in [0.15, 0.2) is 130 Å². The molecule has 0 fully saturated rings. The second-order valence-corrected chi connectivity index (χ2v) is 19.1. The minimum Gasteiger partial charge on any atom is -0.507 e. The first-order chi connectivity index (χ1) is 28.6. The standard InChI is InChI=1S/C48H42N2O4S4/c51-43-31-11-5-13-33(43)29-37-17-8-18-38(46(37)54-24-10-26-56-48-50-40-20-2-4-22-42(40)58-48)30-34-14-6-12-32(44(34)52)28-36-16-7-15-35(27-31)45(36)53-23-9-25-55-47-49-39-19-1-3-21-41(39)57-47/h1-8,11-22,51-52H,9-10,23-30H2. The van der Waals surface area contributed by atoms with E-state index in [1.807, 2.05) is 48.5 Å². The maximum atomic E-state index is 11.8. The Morgan fingerprint density at radius 2 is 0.793 bits per heavy atom. The highest BCUT2D eigenvalue weighted by molar-refractivity contribution is 8.01. The topological polar surface area (TPSA) is 84.7 Å². The van der Waals surface area contributed by atoms with Crippen molar-refractivity contribution in [2.24, 2.45) is 0 Å². The van der Waals surface area contributed by atoms with Crippen molar-refractivity contribution < 1.29 is 19.7 Å². The van der Waals surface area contributed by atoms with E-state index in [-0.39, 0.29) is 0 Å². The van der Waals surface area contributed by atoms with Crippen molar-refractivity contribution in [2.45, 2.75) is 47.2 Å². The molecular weight excluding hydrogens is 797 g/mol. The molecule has 0 aliphatic heterocycles. The predicted molar refractivity (Wildman–Crippen MR) is 241 cm³/mol. The lowest BCUT2D eigenvalue weighted by Crippen LogP contribution is -2.07. The van der Waals surface area contributed by atoms with Gasteiger partial charge in [0.05, 0.1) is 33.6 Å². The highest BCUT2D eigenvalue weighted by Crippen LogP contribution is 2.39. The Labute approximate surface area is 355 Å². The van der Waals surface area contributed by atoms with E-state index in [0.29, 0.717) is 50.4 Å². The van der Waals surface area contributed by atoms with Crippen molar-refractivity contribution in [2.75, 3.05) is 24.7 Å². The molecular formula is C48H42N2O4S4. The summed E-state index contributed by atoms with van der Waals surface area (Å²) in [6.45, 7) is 1.08. The average molecular weight is 839 g/mol. The normalized spacial score (nSPS) is 12.6. The fourth-order valence-corrected chi connectivity index (χ4v) is 11.6. The zero-order valence-corrected chi connectivity index (χ0v) is 35.1. The quantitative estimate of drug-likeness (QED) is 0.0930. The number of fused-ring (bicyclic) bond motifs is 10. The number of rotatable bonds is 12. The molecule has 6 nitrogen and oxygen atoms in total. The van der Waals surface area contributed by atoms with Gasteiger partial charge in [-0.15, -0.1) is 22.7 Å². The molecule has 1 aliphatic rings. The number of benzene rings is 6. The smallest absolute Gasteiger partial charge is 0.151 e. The first kappa shape index (κ1) is 38.5. The van der Waals surface area contributed by atoms with E-state index >= 15 is 0 Å². The van der Waals surface area contributed by atoms with Crippen molar-refractivity contribution in [3.05, 3.63) is 166 Å². The lowest BCUT2D eigenvalue weighted by molar-refractivity contribution is 0.312. The highest BCUT2D eigenvalue weighted by atomic mass is 32.2. The monoisotopic (exact) mass is 838 g/mol. The molecule has 292 valence electrons. The summed E-state index contributed by atoms with van der Waals surface area (Å²) in [4.78, 5) is 9.55. The van der Waals surface area contributed by atoms with Crippen molar-refractivity contribution >= 4 is 66.6 Å². The van der Waals surface area contributed by atoms with Crippen LogP contribution in [-0.4, -0.2) is 44.9 Å². The molecule has 8 bridgehead atoms. The van der Waals surface area contributed by atoms with Gasteiger partial charge in [-0.2, -0.15) is 0 Å². The summed E-state index contributed by atoms with van der Waals surface area (Å²) < 4.78 is 17.9. The molecule has 8 aromatic rings. The number of phenols is 2. The largest absolute Gasteiger partial charge is 0.507 e. The molecule has 0 unspecified atom stereocenters. The van der Waals surface area contributed by atoms with Crippen molar-refractivity contribution in [3.8, 4) is 23.0 Å². The molecule has 0 radical (unpaired) electrons. The van der Waals surface area contributed by atoms with Crippen LogP contribution >= 0.6 is 46.2 Å². The van der Waals surface area contributed by atoms with Crippen LogP contribution in [0.1, 0.15) is 57.3 Å². The van der Waals surface area contributed by atoms with Crippen LogP contribution in [0.2, 0.25) is 0 Å². The first-order valence-electron chi connectivity index (χ1n) is 19.6. The molecule has 9 rings (SSSR count). The Balaban J connectivity index is 0.963. The number of hydrogen-bond donors (Lipinski definition) is 2. The number of thioether (sulfide) groups is 2. The average Bonchev–Trinajstić information content (AvgIpc) is 3.85. The minimum atomic E-state index is 0.296. The Morgan fingerprint density at radius 3 is 1.16 bits per heavy atom. The molecule has 0 amide bonds. The molecule has 1 aliphatic carbocycles. The molecule has 0 spiro atoms. The second-order valence-electron chi connectivity index (χ2n) is 14.4. The van der Waals surface area contributed by atoms with E-state index < -0.39 is 0 Å². The van der Waals surface area contributed by atoms with Gasteiger partial charge < -0.3 is 19.7 Å². The van der Waals surface area contributed by atoms with Gasteiger partial charge in [-0.3, -0.25) is 0 Å². The van der Waals surface area contributed by atoms with E-state index in [9.17, 15) is 10.2 Å². The zero-order chi connectivity index (χ0) is 39.3. The van der Waals surface area contributed by atoms with Crippen LogP contribution in [0.5, 0.6) is 23.0 Å². The molecule has 2 aromatic heterocycles. The van der Waals surface area contributed by atoms with Gasteiger partial charge in [0.1, 0.15) is 23.0 Å². The highest BCUT2D eigenvalue weighted by Gasteiger charge is 2.20. The number of thiazole rings is 2. The van der Waals surface area contributed by atoms with Gasteiger partial charge in [-0.25, -0.2) is 9.97 Å². The molecule has 2 heterocycles. The van der Waals surface area contributed by atoms with Gasteiger partial charge in [0.15, 0.2) is 8.68 Å². The number of aromatic hydroxyl groups is 2. The number of para-hydroxylation sites is 6. The van der Waals surface area contributed by atoms with E-state index in [1.54, 1.807) is 46.2 Å². The van der Waals surface area contributed by atoms with E-state index in [2.05, 4.69) is 72.8 Å². The third-order valence-corrected chi connectivity index (χ3v) is 14.9. The van der Waals surface area contributed by atoms with Crippen molar-refractivity contribution in [1.29, 1.82) is 0 Å². The minimum absolute atomic E-state index is 0.296. The van der Waals surface area contributed by atoms with Crippen LogP contribution in [0.3, 0.4) is 0 Å². The zero-order valence-electron chi connectivity index (χ0n) is 31.9. The Hall–Kier alpha value is -5.00. The molecule has 0 saturated carbocycles. The Kier molecular flexibility index (Phi) is 11.9. The fraction of sp³-hybridized carbons (Fsp3) is 0.208. The summed E-state index contributed by atoms with van der Waals surface area (Å²) in [5.74, 6) is 4.00.